The molecule has 0 unspecified atom stereocenters. The van der Waals surface area contributed by atoms with E-state index in [1.165, 1.54) is 11.1 Å². The molecule has 2 nitrogen and oxygen atoms in total. The summed E-state index contributed by atoms with van der Waals surface area (Å²) in [5, 5.41) is 0. The Morgan fingerprint density at radius 2 is 1.91 bits per heavy atom. The van der Waals surface area contributed by atoms with Crippen LogP contribution in [0.4, 0.5) is 0 Å². The normalized spacial score (nSPS) is 21.3. The van der Waals surface area contributed by atoms with Crippen molar-refractivity contribution in [2.75, 3.05) is 0 Å². The third-order valence-electron chi connectivity index (χ3n) is 4.71. The molecule has 0 spiro atoms. The summed E-state index contributed by atoms with van der Waals surface area (Å²) >= 11 is 0. The second-order valence-electron chi connectivity index (χ2n) is 6.90. The Morgan fingerprint density at radius 1 is 1.22 bits per heavy atom. The van der Waals surface area contributed by atoms with E-state index in [0.717, 1.165) is 24.8 Å². The van der Waals surface area contributed by atoms with Crippen molar-refractivity contribution in [2.45, 2.75) is 59.3 Å². The number of hydrogen-bond donors (Lipinski definition) is 0. The zero-order valence-corrected chi connectivity index (χ0v) is 14.6. The predicted octanol–water partition coefficient (Wildman–Crippen LogP) is 5.00. The van der Waals surface area contributed by atoms with Gasteiger partial charge >= 0.3 is 0 Å². The lowest BCUT2D eigenvalue weighted by molar-refractivity contribution is -0.122. The van der Waals surface area contributed by atoms with Gasteiger partial charge in [-0.1, -0.05) is 48.4 Å². The summed E-state index contributed by atoms with van der Waals surface area (Å²) in [5.41, 5.74) is 3.50. The van der Waals surface area contributed by atoms with Crippen molar-refractivity contribution in [2.24, 2.45) is 11.8 Å². The van der Waals surface area contributed by atoms with E-state index in [9.17, 15) is 9.59 Å². The minimum absolute atomic E-state index is 0. The molecule has 0 saturated heterocycles. The third-order valence-corrected chi connectivity index (χ3v) is 4.71. The van der Waals surface area contributed by atoms with Gasteiger partial charge in [-0.15, -0.1) is 0 Å². The highest BCUT2D eigenvalue weighted by molar-refractivity contribution is 5.86. The van der Waals surface area contributed by atoms with Crippen LogP contribution in [0.2, 0.25) is 0 Å². The Kier molecular flexibility index (Phi) is 6.32. The Labute approximate surface area is 141 Å². The number of carbonyl (C=O) groups is 2. The van der Waals surface area contributed by atoms with E-state index in [-0.39, 0.29) is 19.0 Å². The molecule has 2 atom stereocenters. The maximum atomic E-state index is 12.4. The monoisotopic (exact) mass is 314 g/mol. The molecule has 126 valence electrons. The number of ketones is 2. The molecule has 23 heavy (non-hydrogen) atoms. The van der Waals surface area contributed by atoms with Crippen LogP contribution < -0.4 is 0 Å². The summed E-state index contributed by atoms with van der Waals surface area (Å²) in [6.07, 6.45) is 8.57. The Hall–Kier alpha value is -1.70. The summed E-state index contributed by atoms with van der Waals surface area (Å²) in [6.45, 7) is 6.22. The highest BCUT2D eigenvalue weighted by atomic mass is 16.1. The van der Waals surface area contributed by atoms with Gasteiger partial charge in [-0.3, -0.25) is 9.59 Å². The fourth-order valence-electron chi connectivity index (χ4n) is 3.72. The molecule has 1 fully saturated rings. The average molecular weight is 314 g/mol. The third kappa shape index (κ3) is 5.16. The Bertz CT molecular complexity index is 584. The van der Waals surface area contributed by atoms with Gasteiger partial charge in [-0.25, -0.2) is 0 Å². The lowest BCUT2D eigenvalue weighted by Crippen LogP contribution is -2.18. The minimum Gasteiger partial charge on any atom is -0.299 e. The summed E-state index contributed by atoms with van der Waals surface area (Å²) < 4.78 is 0. The smallest absolute Gasteiger partial charge is 0.137 e. The molecule has 0 aliphatic heterocycles. The fourth-order valence-corrected chi connectivity index (χ4v) is 3.72. The summed E-state index contributed by atoms with van der Waals surface area (Å²) in [5.74, 6) is 0.900. The summed E-state index contributed by atoms with van der Waals surface area (Å²) in [6, 6.07) is 6.30. The van der Waals surface area contributed by atoms with Crippen LogP contribution in [0.5, 0.6) is 0 Å². The van der Waals surface area contributed by atoms with Crippen LogP contribution in [-0.4, -0.2) is 11.6 Å². The Balaban J connectivity index is 0.00000288. The van der Waals surface area contributed by atoms with Crippen molar-refractivity contribution in [1.29, 1.82) is 0 Å². The number of allylic oxidation sites excluding steroid dienone is 2. The molecular formula is C21H30O2. The molecule has 2 heteroatoms. The van der Waals surface area contributed by atoms with Crippen LogP contribution in [0, 0.1) is 25.7 Å². The molecule has 0 aromatic heterocycles. The molecule has 0 radical (unpaired) electrons. The molecule has 0 amide bonds. The van der Waals surface area contributed by atoms with Gasteiger partial charge in [0.25, 0.3) is 0 Å². The average Bonchev–Trinajstić information content (AvgIpc) is 2.79. The molecule has 0 heterocycles. The number of rotatable bonds is 7. The van der Waals surface area contributed by atoms with Crippen molar-refractivity contribution in [3.05, 3.63) is 47.0 Å². The molecular weight excluding hydrogens is 284 g/mol. The van der Waals surface area contributed by atoms with E-state index in [2.05, 4.69) is 51.1 Å². The maximum Gasteiger partial charge on any atom is 0.137 e. The quantitative estimate of drug-likeness (QED) is 0.663. The van der Waals surface area contributed by atoms with Gasteiger partial charge in [0.1, 0.15) is 11.6 Å². The first kappa shape index (κ1) is 17.7. The molecule has 1 saturated carbocycles. The minimum atomic E-state index is 0. The van der Waals surface area contributed by atoms with Gasteiger partial charge in [0, 0.05) is 26.6 Å². The molecule has 1 aliphatic carbocycles. The molecule has 2 rings (SSSR count). The largest absolute Gasteiger partial charge is 0.299 e. The Morgan fingerprint density at radius 3 is 2.57 bits per heavy atom. The number of aryl methyl sites for hydroxylation is 2. The van der Waals surface area contributed by atoms with Crippen LogP contribution in [0.1, 0.15) is 57.1 Å². The second kappa shape index (κ2) is 8.24. The van der Waals surface area contributed by atoms with E-state index in [1.54, 1.807) is 0 Å². The van der Waals surface area contributed by atoms with Crippen molar-refractivity contribution in [3.63, 3.8) is 0 Å². The van der Waals surface area contributed by atoms with Gasteiger partial charge < -0.3 is 0 Å². The van der Waals surface area contributed by atoms with E-state index >= 15 is 0 Å². The standard InChI is InChI=1S/C21H28O2.H2/c1-4-5-6-7-20-18(8-9-21(20)23)14-19(22)13-17-11-15(2)10-16(3)12-17;/h5-6,10-12,18,20H,4,7-9,13-14H2,1-3H3;1H/b6-5-;/t18-,20-;/m1./s1. The fraction of sp³-hybridized carbons (Fsp3) is 0.524. The van der Waals surface area contributed by atoms with Crippen LogP contribution in [0.25, 0.3) is 0 Å². The van der Waals surface area contributed by atoms with Crippen LogP contribution >= 0.6 is 0 Å². The first-order chi connectivity index (χ1) is 11.0. The zero-order chi connectivity index (χ0) is 16.8. The first-order valence-corrected chi connectivity index (χ1v) is 8.76. The van der Waals surface area contributed by atoms with Gasteiger partial charge in [0.15, 0.2) is 0 Å². The van der Waals surface area contributed by atoms with Gasteiger partial charge in [0.05, 0.1) is 0 Å². The van der Waals surface area contributed by atoms with Gasteiger partial charge in [0.2, 0.25) is 0 Å². The van der Waals surface area contributed by atoms with Crippen molar-refractivity contribution in [1.82, 2.24) is 0 Å². The van der Waals surface area contributed by atoms with E-state index in [0.29, 0.717) is 25.0 Å². The number of benzene rings is 1. The number of hydrogen-bond acceptors (Lipinski definition) is 2. The highest BCUT2D eigenvalue weighted by Gasteiger charge is 2.34. The zero-order valence-electron chi connectivity index (χ0n) is 14.6. The van der Waals surface area contributed by atoms with Crippen LogP contribution in [0.3, 0.4) is 0 Å². The molecule has 1 aliphatic rings. The van der Waals surface area contributed by atoms with Gasteiger partial charge in [-0.05, 0) is 44.6 Å². The lowest BCUT2D eigenvalue weighted by atomic mass is 9.87. The van der Waals surface area contributed by atoms with Crippen molar-refractivity contribution >= 4 is 11.6 Å². The summed E-state index contributed by atoms with van der Waals surface area (Å²) in [4.78, 5) is 24.5. The number of carbonyl (C=O) groups excluding carboxylic acids is 2. The molecule has 0 bridgehead atoms. The lowest BCUT2D eigenvalue weighted by Gasteiger charge is -2.16. The highest BCUT2D eigenvalue weighted by Crippen LogP contribution is 2.34. The van der Waals surface area contributed by atoms with Gasteiger partial charge in [-0.2, -0.15) is 0 Å². The summed E-state index contributed by atoms with van der Waals surface area (Å²) in [7, 11) is 0. The molecule has 0 N–H and O–H groups in total. The number of Topliss-reactive ketones (excluding diaryl/α,β-unsaturated/α-hetero) is 2. The van der Waals surface area contributed by atoms with Crippen LogP contribution in [-0.2, 0) is 16.0 Å². The predicted molar refractivity (Wildman–Crippen MR) is 96.6 cm³/mol. The topological polar surface area (TPSA) is 34.1 Å². The van der Waals surface area contributed by atoms with E-state index in [1.807, 2.05) is 0 Å². The second-order valence-corrected chi connectivity index (χ2v) is 6.90. The van der Waals surface area contributed by atoms with Crippen LogP contribution in [0.15, 0.2) is 30.4 Å². The van der Waals surface area contributed by atoms with Crippen molar-refractivity contribution < 1.29 is 11.0 Å². The maximum absolute atomic E-state index is 12.4. The first-order valence-electron chi connectivity index (χ1n) is 8.76. The SMILES string of the molecule is CC/C=C\C[C@H]1C(=O)CC[C@@H]1CC(=O)Cc1cc(C)cc(C)c1.[HH]. The van der Waals surface area contributed by atoms with E-state index in [4.69, 9.17) is 0 Å². The molecule has 1 aromatic rings. The van der Waals surface area contributed by atoms with Crippen molar-refractivity contribution in [3.8, 4) is 0 Å². The molecule has 1 aromatic carbocycles. The van der Waals surface area contributed by atoms with E-state index < -0.39 is 0 Å².